The van der Waals surface area contributed by atoms with E-state index in [1.807, 2.05) is 0 Å². The molecule has 0 saturated heterocycles. The minimum Gasteiger partial charge on any atom is -0.507 e. The normalized spacial score (nSPS) is 10.3. The van der Waals surface area contributed by atoms with E-state index in [0.717, 1.165) is 0 Å². The number of aromatic hydroxyl groups is 1. The lowest BCUT2D eigenvalue weighted by Crippen LogP contribution is -2.03. The maximum atomic E-state index is 12.5. The van der Waals surface area contributed by atoms with Gasteiger partial charge in [-0.1, -0.05) is 43.0 Å². The van der Waals surface area contributed by atoms with Crippen molar-refractivity contribution in [2.45, 2.75) is 0 Å². The average molecular weight is 384 g/mol. The van der Waals surface area contributed by atoms with Crippen molar-refractivity contribution in [2.24, 2.45) is 0 Å². The van der Waals surface area contributed by atoms with Gasteiger partial charge in [-0.05, 0) is 23.7 Å². The molecule has 0 bridgehead atoms. The Labute approximate surface area is 159 Å². The van der Waals surface area contributed by atoms with Gasteiger partial charge in [-0.2, -0.15) is 9.97 Å². The van der Waals surface area contributed by atoms with Crippen LogP contribution in [0.25, 0.3) is 0 Å². The maximum Gasteiger partial charge on any atom is 0.329 e. The van der Waals surface area contributed by atoms with Gasteiger partial charge in [0.25, 0.3) is 0 Å². The zero-order valence-electron chi connectivity index (χ0n) is 14.0. The third kappa shape index (κ3) is 4.59. The van der Waals surface area contributed by atoms with Crippen molar-refractivity contribution in [3.63, 3.8) is 0 Å². The van der Waals surface area contributed by atoms with Gasteiger partial charge in [0.2, 0.25) is 5.28 Å². The second-order valence-corrected chi connectivity index (χ2v) is 5.58. The number of halogens is 1. The van der Waals surface area contributed by atoms with Gasteiger partial charge in [0.05, 0.1) is 5.56 Å². The van der Waals surface area contributed by atoms with Crippen LogP contribution in [0.5, 0.6) is 23.5 Å². The van der Waals surface area contributed by atoms with Crippen LogP contribution in [0.15, 0.2) is 61.2 Å². The summed E-state index contributed by atoms with van der Waals surface area (Å²) in [6.45, 7) is 3.72. The van der Waals surface area contributed by atoms with E-state index in [9.17, 15) is 9.90 Å². The fourth-order valence-corrected chi connectivity index (χ4v) is 2.32. The third-order valence-electron chi connectivity index (χ3n) is 3.36. The monoisotopic (exact) mass is 383 g/mol. The van der Waals surface area contributed by atoms with E-state index in [4.69, 9.17) is 21.1 Å². The molecule has 8 heteroatoms. The van der Waals surface area contributed by atoms with Crippen LogP contribution >= 0.6 is 11.6 Å². The Bertz CT molecular complexity index is 980. The van der Waals surface area contributed by atoms with E-state index in [-0.39, 0.29) is 46.8 Å². The number of nitrogens with zero attached hydrogens (tertiary/aromatic N) is 3. The molecular formula is C19H14ClN3O4. The lowest BCUT2D eigenvalue weighted by atomic mass is 10.0. The van der Waals surface area contributed by atoms with E-state index in [0.29, 0.717) is 5.56 Å². The van der Waals surface area contributed by atoms with Crippen LogP contribution in [0.2, 0.25) is 5.28 Å². The summed E-state index contributed by atoms with van der Waals surface area (Å²) in [7, 11) is 0. The molecule has 1 aromatic heterocycles. The average Bonchev–Trinajstić information content (AvgIpc) is 2.66. The molecule has 1 N–H and O–H groups in total. The molecule has 0 fully saturated rings. The molecule has 0 spiro atoms. The molecule has 27 heavy (non-hydrogen) atoms. The molecule has 0 aliphatic heterocycles. The Kier molecular flexibility index (Phi) is 5.63. The van der Waals surface area contributed by atoms with Crippen LogP contribution in [-0.2, 0) is 0 Å². The number of rotatable bonds is 7. The minimum absolute atomic E-state index is 0.0232. The largest absolute Gasteiger partial charge is 0.507 e. The van der Waals surface area contributed by atoms with Gasteiger partial charge in [-0.3, -0.25) is 4.79 Å². The SMILES string of the molecule is C=CCOc1nc(Cl)nc(Oc2ccc(C(=O)c3ccccc3)c(O)c2)n1. The number of aromatic nitrogens is 3. The molecular weight excluding hydrogens is 370 g/mol. The molecule has 1 heterocycles. The summed E-state index contributed by atoms with van der Waals surface area (Å²) in [4.78, 5) is 24.0. The van der Waals surface area contributed by atoms with Gasteiger partial charge in [0.15, 0.2) is 5.78 Å². The summed E-state index contributed by atoms with van der Waals surface area (Å²) in [5, 5.41) is 10.1. The Morgan fingerprint density at radius 3 is 2.56 bits per heavy atom. The number of hydrogen-bond donors (Lipinski definition) is 1. The summed E-state index contributed by atoms with van der Waals surface area (Å²) in [5.74, 6) is -0.318. The van der Waals surface area contributed by atoms with Crippen molar-refractivity contribution in [2.75, 3.05) is 6.61 Å². The van der Waals surface area contributed by atoms with E-state index < -0.39 is 0 Å². The number of ether oxygens (including phenoxy) is 2. The highest BCUT2D eigenvalue weighted by Gasteiger charge is 2.15. The standard InChI is InChI=1S/C19H14ClN3O4/c1-2-10-26-18-21-17(20)22-19(23-18)27-13-8-9-14(15(24)11-13)16(25)12-6-4-3-5-7-12/h2-9,11,24H,1,10H2. The second kappa shape index (κ2) is 8.29. The van der Waals surface area contributed by atoms with Crippen LogP contribution in [0.3, 0.4) is 0 Å². The third-order valence-corrected chi connectivity index (χ3v) is 3.53. The number of phenols is 1. The van der Waals surface area contributed by atoms with E-state index in [1.165, 1.54) is 24.3 Å². The highest BCUT2D eigenvalue weighted by Crippen LogP contribution is 2.28. The summed E-state index contributed by atoms with van der Waals surface area (Å²) < 4.78 is 10.7. The molecule has 0 atom stereocenters. The summed E-state index contributed by atoms with van der Waals surface area (Å²) in [6.07, 6.45) is 1.53. The smallest absolute Gasteiger partial charge is 0.329 e. The molecule has 0 aliphatic rings. The van der Waals surface area contributed by atoms with Crippen molar-refractivity contribution >= 4 is 17.4 Å². The molecule has 0 radical (unpaired) electrons. The van der Waals surface area contributed by atoms with Gasteiger partial charge < -0.3 is 14.6 Å². The zero-order valence-corrected chi connectivity index (χ0v) is 14.8. The minimum atomic E-state index is -0.303. The Morgan fingerprint density at radius 1 is 1.11 bits per heavy atom. The predicted molar refractivity (Wildman–Crippen MR) is 98.6 cm³/mol. The second-order valence-electron chi connectivity index (χ2n) is 5.25. The molecule has 2 aromatic carbocycles. The first-order valence-corrected chi connectivity index (χ1v) is 8.20. The van der Waals surface area contributed by atoms with E-state index >= 15 is 0 Å². The van der Waals surface area contributed by atoms with Crippen molar-refractivity contribution < 1.29 is 19.4 Å². The highest BCUT2D eigenvalue weighted by atomic mass is 35.5. The van der Waals surface area contributed by atoms with Gasteiger partial charge in [-0.25, -0.2) is 0 Å². The van der Waals surface area contributed by atoms with E-state index in [1.54, 1.807) is 30.3 Å². The number of hydrogen-bond acceptors (Lipinski definition) is 7. The van der Waals surface area contributed by atoms with E-state index in [2.05, 4.69) is 21.5 Å². The van der Waals surface area contributed by atoms with Crippen molar-refractivity contribution in [3.05, 3.63) is 77.6 Å². The molecule has 0 aliphatic carbocycles. The molecule has 7 nitrogen and oxygen atoms in total. The van der Waals surface area contributed by atoms with Crippen LogP contribution < -0.4 is 9.47 Å². The Balaban J connectivity index is 1.81. The van der Waals surface area contributed by atoms with Gasteiger partial charge in [0, 0.05) is 11.6 Å². The van der Waals surface area contributed by atoms with Crippen LogP contribution in [0.4, 0.5) is 0 Å². The summed E-state index contributed by atoms with van der Waals surface area (Å²) >= 11 is 5.82. The summed E-state index contributed by atoms with van der Waals surface area (Å²) in [6, 6.07) is 12.8. The summed E-state index contributed by atoms with van der Waals surface area (Å²) in [5.41, 5.74) is 0.618. The predicted octanol–water partition coefficient (Wildman–Crippen LogP) is 3.82. The van der Waals surface area contributed by atoms with Gasteiger partial charge in [0.1, 0.15) is 18.1 Å². The first-order valence-electron chi connectivity index (χ1n) is 7.82. The first kappa shape index (κ1) is 18.3. The molecule has 0 unspecified atom stereocenters. The van der Waals surface area contributed by atoms with Crippen LogP contribution in [0.1, 0.15) is 15.9 Å². The number of phenolic OH excluding ortho intramolecular Hbond substituents is 1. The van der Waals surface area contributed by atoms with Gasteiger partial charge >= 0.3 is 12.0 Å². The van der Waals surface area contributed by atoms with Crippen LogP contribution in [-0.4, -0.2) is 32.4 Å². The zero-order chi connectivity index (χ0) is 19.2. The molecule has 136 valence electrons. The maximum absolute atomic E-state index is 12.5. The Morgan fingerprint density at radius 2 is 1.85 bits per heavy atom. The van der Waals surface area contributed by atoms with Crippen LogP contribution in [0, 0.1) is 0 Å². The molecule has 0 saturated carbocycles. The number of carbonyl (C=O) groups is 1. The lowest BCUT2D eigenvalue weighted by molar-refractivity contribution is 0.103. The lowest BCUT2D eigenvalue weighted by Gasteiger charge is -2.08. The quantitative estimate of drug-likeness (QED) is 0.489. The van der Waals surface area contributed by atoms with Crippen molar-refractivity contribution in [1.82, 2.24) is 15.0 Å². The Hall–Kier alpha value is -3.45. The highest BCUT2D eigenvalue weighted by molar-refractivity contribution is 6.28. The van der Waals surface area contributed by atoms with Gasteiger partial charge in [-0.15, -0.1) is 4.98 Å². The number of ketones is 1. The molecule has 0 amide bonds. The first-order chi connectivity index (χ1) is 13.1. The number of carbonyl (C=O) groups excluding carboxylic acids is 1. The molecule has 3 rings (SSSR count). The fraction of sp³-hybridized carbons (Fsp3) is 0.0526. The molecule has 3 aromatic rings. The van der Waals surface area contributed by atoms with Crippen molar-refractivity contribution in [3.8, 4) is 23.5 Å². The van der Waals surface area contributed by atoms with Crippen molar-refractivity contribution in [1.29, 1.82) is 0 Å². The number of benzene rings is 2. The topological polar surface area (TPSA) is 94.4 Å². The fourth-order valence-electron chi connectivity index (χ4n) is 2.18.